The largest absolute Gasteiger partial charge is 0.481 e. The zero-order chi connectivity index (χ0) is 18.0. The van der Waals surface area contributed by atoms with Crippen LogP contribution in [0, 0.1) is 13.8 Å². The van der Waals surface area contributed by atoms with E-state index >= 15 is 0 Å². The number of nitrogens with zero attached hydrogens (tertiary/aromatic N) is 3. The van der Waals surface area contributed by atoms with E-state index in [1.807, 2.05) is 55.9 Å². The topological polar surface area (TPSA) is 69.0 Å². The highest BCUT2D eigenvalue weighted by Crippen LogP contribution is 2.31. The summed E-state index contributed by atoms with van der Waals surface area (Å²) in [7, 11) is 1.93. The van der Waals surface area contributed by atoms with Crippen LogP contribution in [0.15, 0.2) is 36.7 Å². The molecular weight excluding hydrogens is 336 g/mol. The van der Waals surface area contributed by atoms with Gasteiger partial charge in [-0.15, -0.1) is 0 Å². The Morgan fingerprint density at radius 1 is 1.36 bits per heavy atom. The van der Waals surface area contributed by atoms with E-state index in [4.69, 9.17) is 4.74 Å². The first-order chi connectivity index (χ1) is 11.9. The van der Waals surface area contributed by atoms with E-state index in [9.17, 15) is 4.79 Å². The molecular formula is C18H20N4O2S. The standard InChI is InChI=1S/C18H20N4O2S/c1-11-6-5-7-14(10-11)24-13(3)17(23)21-18-20-12(2)15(25-18)16-19-8-9-22(16)4/h5-10,13H,1-4H3,(H,20,21,23). The number of aryl methyl sites for hydroxylation is 3. The summed E-state index contributed by atoms with van der Waals surface area (Å²) in [6, 6.07) is 7.62. The fraction of sp³-hybridized carbons (Fsp3) is 0.278. The van der Waals surface area contributed by atoms with Crippen LogP contribution in [0.5, 0.6) is 5.75 Å². The van der Waals surface area contributed by atoms with Crippen molar-refractivity contribution in [2.75, 3.05) is 5.32 Å². The molecule has 0 fully saturated rings. The third kappa shape index (κ3) is 3.88. The van der Waals surface area contributed by atoms with Crippen molar-refractivity contribution in [2.45, 2.75) is 26.9 Å². The number of benzene rings is 1. The van der Waals surface area contributed by atoms with E-state index in [2.05, 4.69) is 15.3 Å². The number of hydrogen-bond acceptors (Lipinski definition) is 5. The summed E-state index contributed by atoms with van der Waals surface area (Å²) in [5, 5.41) is 3.37. The summed E-state index contributed by atoms with van der Waals surface area (Å²) in [6.45, 7) is 5.61. The second-order valence-electron chi connectivity index (χ2n) is 5.86. The van der Waals surface area contributed by atoms with Crippen molar-refractivity contribution in [3.63, 3.8) is 0 Å². The lowest BCUT2D eigenvalue weighted by Gasteiger charge is -2.14. The van der Waals surface area contributed by atoms with Crippen molar-refractivity contribution in [1.82, 2.24) is 14.5 Å². The maximum absolute atomic E-state index is 12.4. The number of imidazole rings is 1. The van der Waals surface area contributed by atoms with E-state index in [1.54, 1.807) is 13.1 Å². The average molecular weight is 356 g/mol. The molecule has 7 heteroatoms. The predicted octanol–water partition coefficient (Wildman–Crippen LogP) is 3.57. The van der Waals surface area contributed by atoms with Gasteiger partial charge in [-0.05, 0) is 38.5 Å². The molecule has 0 spiro atoms. The minimum atomic E-state index is -0.623. The quantitative estimate of drug-likeness (QED) is 0.759. The number of rotatable bonds is 5. The van der Waals surface area contributed by atoms with Crippen molar-refractivity contribution in [3.05, 3.63) is 47.9 Å². The number of anilines is 1. The highest BCUT2D eigenvalue weighted by Gasteiger charge is 2.19. The van der Waals surface area contributed by atoms with Gasteiger partial charge in [0, 0.05) is 19.4 Å². The van der Waals surface area contributed by atoms with Gasteiger partial charge in [-0.3, -0.25) is 10.1 Å². The van der Waals surface area contributed by atoms with Crippen molar-refractivity contribution in [1.29, 1.82) is 0 Å². The fourth-order valence-electron chi connectivity index (χ4n) is 2.40. The Hall–Kier alpha value is -2.67. The number of hydrogen-bond donors (Lipinski definition) is 1. The maximum Gasteiger partial charge on any atom is 0.266 e. The van der Waals surface area contributed by atoms with Gasteiger partial charge < -0.3 is 9.30 Å². The number of thiazole rings is 1. The molecule has 1 amide bonds. The van der Waals surface area contributed by atoms with Crippen molar-refractivity contribution < 1.29 is 9.53 Å². The summed E-state index contributed by atoms with van der Waals surface area (Å²) in [5.74, 6) is 1.27. The van der Waals surface area contributed by atoms with Crippen molar-refractivity contribution in [2.24, 2.45) is 7.05 Å². The van der Waals surface area contributed by atoms with Crippen LogP contribution in [0.1, 0.15) is 18.2 Å². The van der Waals surface area contributed by atoms with Gasteiger partial charge in [-0.2, -0.15) is 0 Å². The molecule has 0 bridgehead atoms. The molecule has 0 aliphatic heterocycles. The van der Waals surface area contributed by atoms with Crippen LogP contribution in [0.4, 0.5) is 5.13 Å². The van der Waals surface area contributed by atoms with Crippen LogP contribution in [0.3, 0.4) is 0 Å². The summed E-state index contributed by atoms with van der Waals surface area (Å²) in [6.07, 6.45) is 3.00. The SMILES string of the molecule is Cc1cccc(OC(C)C(=O)Nc2nc(C)c(-c3nccn3C)s2)c1. The Labute approximate surface area is 150 Å². The maximum atomic E-state index is 12.4. The van der Waals surface area contributed by atoms with Gasteiger partial charge in [0.1, 0.15) is 5.75 Å². The van der Waals surface area contributed by atoms with Crippen LogP contribution in [0.2, 0.25) is 0 Å². The molecule has 1 atom stereocenters. The second-order valence-corrected chi connectivity index (χ2v) is 6.86. The van der Waals surface area contributed by atoms with Crippen LogP contribution < -0.4 is 10.1 Å². The molecule has 1 N–H and O–H groups in total. The minimum Gasteiger partial charge on any atom is -0.481 e. The van der Waals surface area contributed by atoms with Gasteiger partial charge >= 0.3 is 0 Å². The average Bonchev–Trinajstić information content (AvgIpc) is 3.12. The highest BCUT2D eigenvalue weighted by molar-refractivity contribution is 7.19. The number of carbonyl (C=O) groups excluding carboxylic acids is 1. The number of nitrogens with one attached hydrogen (secondary N) is 1. The zero-order valence-electron chi connectivity index (χ0n) is 14.6. The van der Waals surface area contributed by atoms with E-state index < -0.39 is 6.10 Å². The van der Waals surface area contributed by atoms with E-state index in [0.29, 0.717) is 10.9 Å². The molecule has 2 aromatic heterocycles. The molecule has 1 unspecified atom stereocenters. The van der Waals surface area contributed by atoms with Crippen molar-refractivity contribution in [3.8, 4) is 16.5 Å². The number of amides is 1. The van der Waals surface area contributed by atoms with Crippen LogP contribution in [-0.4, -0.2) is 26.5 Å². The lowest BCUT2D eigenvalue weighted by atomic mass is 10.2. The van der Waals surface area contributed by atoms with E-state index in [-0.39, 0.29) is 5.91 Å². The minimum absolute atomic E-state index is 0.235. The van der Waals surface area contributed by atoms with Gasteiger partial charge in [-0.1, -0.05) is 23.5 Å². The van der Waals surface area contributed by atoms with E-state index in [0.717, 1.165) is 22.0 Å². The summed E-state index contributed by atoms with van der Waals surface area (Å²) in [4.78, 5) is 22.1. The van der Waals surface area contributed by atoms with Crippen LogP contribution >= 0.6 is 11.3 Å². The highest BCUT2D eigenvalue weighted by atomic mass is 32.1. The fourth-order valence-corrected chi connectivity index (χ4v) is 3.40. The zero-order valence-corrected chi connectivity index (χ0v) is 15.4. The molecule has 3 rings (SSSR count). The Bertz CT molecular complexity index is 900. The number of ether oxygens (including phenoxy) is 1. The van der Waals surface area contributed by atoms with Crippen molar-refractivity contribution >= 4 is 22.4 Å². The smallest absolute Gasteiger partial charge is 0.266 e. The molecule has 130 valence electrons. The molecule has 0 radical (unpaired) electrons. The van der Waals surface area contributed by atoms with Gasteiger partial charge in [-0.25, -0.2) is 9.97 Å². The van der Waals surface area contributed by atoms with E-state index in [1.165, 1.54) is 11.3 Å². The lowest BCUT2D eigenvalue weighted by molar-refractivity contribution is -0.122. The predicted molar refractivity (Wildman–Crippen MR) is 99.0 cm³/mol. The second kappa shape index (κ2) is 7.06. The van der Waals surface area contributed by atoms with Crippen LogP contribution in [0.25, 0.3) is 10.7 Å². The Morgan fingerprint density at radius 2 is 2.16 bits per heavy atom. The normalized spacial score (nSPS) is 12.0. The first kappa shape index (κ1) is 17.2. The molecule has 0 saturated carbocycles. The monoisotopic (exact) mass is 356 g/mol. The molecule has 6 nitrogen and oxygen atoms in total. The summed E-state index contributed by atoms with van der Waals surface area (Å²) in [5.41, 5.74) is 1.92. The first-order valence-corrected chi connectivity index (χ1v) is 8.75. The van der Waals surface area contributed by atoms with Gasteiger partial charge in [0.2, 0.25) is 0 Å². The molecule has 3 aromatic rings. The van der Waals surface area contributed by atoms with Gasteiger partial charge in [0.25, 0.3) is 5.91 Å². The molecule has 25 heavy (non-hydrogen) atoms. The third-order valence-corrected chi connectivity index (χ3v) is 4.79. The molecule has 0 saturated heterocycles. The molecule has 0 aliphatic rings. The first-order valence-electron chi connectivity index (χ1n) is 7.93. The molecule has 0 aliphatic carbocycles. The lowest BCUT2D eigenvalue weighted by Crippen LogP contribution is -2.30. The molecule has 1 aromatic carbocycles. The number of aromatic nitrogens is 3. The summed E-state index contributed by atoms with van der Waals surface area (Å²) >= 11 is 1.40. The van der Waals surface area contributed by atoms with Gasteiger partial charge in [0.05, 0.1) is 10.6 Å². The Kier molecular flexibility index (Phi) is 4.85. The third-order valence-electron chi connectivity index (χ3n) is 3.72. The molecule has 2 heterocycles. The van der Waals surface area contributed by atoms with Gasteiger partial charge in [0.15, 0.2) is 17.1 Å². The summed E-state index contributed by atoms with van der Waals surface area (Å²) < 4.78 is 7.63. The van der Waals surface area contributed by atoms with Crippen LogP contribution in [-0.2, 0) is 11.8 Å². The Balaban J connectivity index is 1.70. The number of carbonyl (C=O) groups is 1. The Morgan fingerprint density at radius 3 is 2.84 bits per heavy atom.